The Morgan fingerprint density at radius 3 is 2.47 bits per heavy atom. The van der Waals surface area contributed by atoms with Gasteiger partial charge in [-0.2, -0.15) is 13.2 Å². The van der Waals surface area contributed by atoms with E-state index in [0.29, 0.717) is 11.3 Å². The monoisotopic (exact) mass is 265 g/mol. The average Bonchev–Trinajstić information content (AvgIpc) is 2.39. The van der Waals surface area contributed by atoms with Gasteiger partial charge in [-0.15, -0.1) is 0 Å². The maximum Gasteiger partial charge on any atom is 0.416 e. The molecule has 4 heteroatoms. The van der Waals surface area contributed by atoms with Crippen molar-refractivity contribution in [2.75, 3.05) is 0 Å². The van der Waals surface area contributed by atoms with Crippen molar-refractivity contribution in [1.29, 1.82) is 0 Å². The van der Waals surface area contributed by atoms with Crippen LogP contribution in [0.2, 0.25) is 0 Å². The fourth-order valence-corrected chi connectivity index (χ4v) is 1.89. The van der Waals surface area contributed by atoms with Gasteiger partial charge in [0.1, 0.15) is 0 Å². The Kier molecular flexibility index (Phi) is 3.88. The first kappa shape index (κ1) is 13.6. The third-order valence-corrected chi connectivity index (χ3v) is 2.85. The summed E-state index contributed by atoms with van der Waals surface area (Å²) in [6.45, 7) is 2.07. The van der Waals surface area contributed by atoms with Gasteiger partial charge in [0.15, 0.2) is 0 Å². The summed E-state index contributed by atoms with van der Waals surface area (Å²) in [5, 5.41) is 0. The van der Waals surface area contributed by atoms with Crippen molar-refractivity contribution in [3.63, 3.8) is 0 Å². The molecule has 0 spiro atoms. The first-order chi connectivity index (χ1) is 9.00. The van der Waals surface area contributed by atoms with Gasteiger partial charge >= 0.3 is 6.18 Å². The lowest BCUT2D eigenvalue weighted by atomic mass is 10.1. The Balaban J connectivity index is 2.31. The van der Waals surface area contributed by atoms with E-state index in [9.17, 15) is 13.2 Å². The molecule has 0 atom stereocenters. The number of aryl methyl sites for hydroxylation is 1. The van der Waals surface area contributed by atoms with Gasteiger partial charge in [-0.25, -0.2) is 0 Å². The van der Waals surface area contributed by atoms with Crippen LogP contribution in [-0.2, 0) is 12.6 Å². The number of pyridine rings is 1. The van der Waals surface area contributed by atoms with E-state index in [1.54, 1.807) is 18.3 Å². The first-order valence-corrected chi connectivity index (χ1v) is 6.13. The number of halogens is 3. The molecule has 0 unspecified atom stereocenters. The summed E-state index contributed by atoms with van der Waals surface area (Å²) >= 11 is 0. The van der Waals surface area contributed by atoms with Crippen molar-refractivity contribution < 1.29 is 13.2 Å². The smallest absolute Gasteiger partial charge is 0.256 e. The molecule has 1 heterocycles. The second-order valence-corrected chi connectivity index (χ2v) is 4.38. The Morgan fingerprint density at radius 2 is 1.89 bits per heavy atom. The molecule has 0 radical (unpaired) electrons. The molecular weight excluding hydrogens is 251 g/mol. The number of nitrogens with zero attached hydrogens (tertiary/aromatic N) is 1. The SMILES string of the molecule is CCCc1ccc(-c2cccc(C(F)(F)F)c2)nc1. The van der Waals surface area contributed by atoms with Crippen molar-refractivity contribution in [1.82, 2.24) is 4.98 Å². The van der Waals surface area contributed by atoms with E-state index in [1.165, 1.54) is 6.07 Å². The van der Waals surface area contributed by atoms with Crippen LogP contribution in [0.3, 0.4) is 0 Å². The van der Waals surface area contributed by atoms with E-state index in [4.69, 9.17) is 0 Å². The van der Waals surface area contributed by atoms with Crippen molar-refractivity contribution in [2.45, 2.75) is 25.9 Å². The van der Waals surface area contributed by atoms with Crippen LogP contribution in [0.5, 0.6) is 0 Å². The first-order valence-electron chi connectivity index (χ1n) is 6.13. The summed E-state index contributed by atoms with van der Waals surface area (Å²) in [6.07, 6.45) is -0.655. The molecule has 2 rings (SSSR count). The lowest BCUT2D eigenvalue weighted by molar-refractivity contribution is -0.137. The van der Waals surface area contributed by atoms with Gasteiger partial charge < -0.3 is 0 Å². The number of alkyl halides is 3. The summed E-state index contributed by atoms with van der Waals surface area (Å²) in [5.74, 6) is 0. The highest BCUT2D eigenvalue weighted by Crippen LogP contribution is 2.31. The van der Waals surface area contributed by atoms with Crippen LogP contribution < -0.4 is 0 Å². The molecule has 0 saturated carbocycles. The fraction of sp³-hybridized carbons (Fsp3) is 0.267. The van der Waals surface area contributed by atoms with Crippen molar-refractivity contribution >= 4 is 0 Å². The van der Waals surface area contributed by atoms with Gasteiger partial charge in [-0.3, -0.25) is 4.98 Å². The highest BCUT2D eigenvalue weighted by molar-refractivity contribution is 5.60. The Labute approximate surface area is 110 Å². The van der Waals surface area contributed by atoms with Gasteiger partial charge in [0, 0.05) is 11.8 Å². The van der Waals surface area contributed by atoms with Crippen LogP contribution >= 0.6 is 0 Å². The van der Waals surface area contributed by atoms with Crippen molar-refractivity contribution in [3.05, 3.63) is 53.7 Å². The maximum atomic E-state index is 12.6. The molecule has 1 aromatic carbocycles. The van der Waals surface area contributed by atoms with E-state index < -0.39 is 11.7 Å². The molecule has 19 heavy (non-hydrogen) atoms. The third kappa shape index (κ3) is 3.34. The van der Waals surface area contributed by atoms with Gasteiger partial charge in [0.25, 0.3) is 0 Å². The predicted molar refractivity (Wildman–Crippen MR) is 68.7 cm³/mol. The molecule has 0 aliphatic rings. The average molecular weight is 265 g/mol. The molecule has 0 fully saturated rings. The Morgan fingerprint density at radius 1 is 1.11 bits per heavy atom. The van der Waals surface area contributed by atoms with Crippen LogP contribution in [0.15, 0.2) is 42.6 Å². The zero-order valence-corrected chi connectivity index (χ0v) is 10.5. The zero-order valence-electron chi connectivity index (χ0n) is 10.5. The number of aromatic nitrogens is 1. The minimum absolute atomic E-state index is 0.484. The molecular formula is C15H14F3N. The van der Waals surface area contributed by atoms with E-state index in [-0.39, 0.29) is 0 Å². The number of rotatable bonds is 3. The molecule has 1 aromatic heterocycles. The molecule has 0 aliphatic carbocycles. The van der Waals surface area contributed by atoms with Gasteiger partial charge in [0.05, 0.1) is 11.3 Å². The van der Waals surface area contributed by atoms with Crippen LogP contribution in [0, 0.1) is 0 Å². The minimum Gasteiger partial charge on any atom is -0.256 e. The van der Waals surface area contributed by atoms with E-state index in [0.717, 1.165) is 30.5 Å². The molecule has 100 valence electrons. The predicted octanol–water partition coefficient (Wildman–Crippen LogP) is 4.72. The zero-order chi connectivity index (χ0) is 13.9. The van der Waals surface area contributed by atoms with Crippen molar-refractivity contribution in [3.8, 4) is 11.3 Å². The summed E-state index contributed by atoms with van der Waals surface area (Å²) in [5.41, 5.74) is 1.49. The van der Waals surface area contributed by atoms with Crippen LogP contribution in [0.25, 0.3) is 11.3 Å². The number of hydrogen-bond acceptors (Lipinski definition) is 1. The largest absolute Gasteiger partial charge is 0.416 e. The molecule has 0 amide bonds. The van der Waals surface area contributed by atoms with Crippen LogP contribution in [-0.4, -0.2) is 4.98 Å². The quantitative estimate of drug-likeness (QED) is 0.782. The van der Waals surface area contributed by atoms with Crippen LogP contribution in [0.1, 0.15) is 24.5 Å². The Hall–Kier alpha value is -1.84. The highest BCUT2D eigenvalue weighted by atomic mass is 19.4. The van der Waals surface area contributed by atoms with Gasteiger partial charge in [-0.1, -0.05) is 31.5 Å². The van der Waals surface area contributed by atoms with Gasteiger partial charge in [0.2, 0.25) is 0 Å². The minimum atomic E-state index is -4.32. The second-order valence-electron chi connectivity index (χ2n) is 4.38. The van der Waals surface area contributed by atoms with Crippen LogP contribution in [0.4, 0.5) is 13.2 Å². The summed E-state index contributed by atoms with van der Waals surface area (Å²) in [6, 6.07) is 8.90. The van der Waals surface area contributed by atoms with E-state index in [2.05, 4.69) is 11.9 Å². The summed E-state index contributed by atoms with van der Waals surface area (Å²) in [7, 11) is 0. The van der Waals surface area contributed by atoms with Crippen molar-refractivity contribution in [2.24, 2.45) is 0 Å². The lowest BCUT2D eigenvalue weighted by Crippen LogP contribution is -2.04. The fourth-order valence-electron chi connectivity index (χ4n) is 1.89. The van der Waals surface area contributed by atoms with E-state index >= 15 is 0 Å². The van der Waals surface area contributed by atoms with E-state index in [1.807, 2.05) is 6.07 Å². The molecule has 0 bridgehead atoms. The maximum absolute atomic E-state index is 12.6. The lowest BCUT2D eigenvalue weighted by Gasteiger charge is -2.08. The second kappa shape index (κ2) is 5.43. The molecule has 0 N–H and O–H groups in total. The number of hydrogen-bond donors (Lipinski definition) is 0. The summed E-state index contributed by atoms with van der Waals surface area (Å²) < 4.78 is 37.9. The molecule has 1 nitrogen and oxygen atoms in total. The third-order valence-electron chi connectivity index (χ3n) is 2.85. The molecule has 0 saturated heterocycles. The topological polar surface area (TPSA) is 12.9 Å². The molecule has 0 aliphatic heterocycles. The molecule has 2 aromatic rings. The normalized spacial score (nSPS) is 11.6. The van der Waals surface area contributed by atoms with Gasteiger partial charge in [-0.05, 0) is 30.2 Å². The standard InChI is InChI=1S/C15H14F3N/c1-2-4-11-7-8-14(19-10-11)12-5-3-6-13(9-12)15(16,17)18/h3,5-10H,2,4H2,1H3. The summed E-state index contributed by atoms with van der Waals surface area (Å²) in [4.78, 5) is 4.22. The highest BCUT2D eigenvalue weighted by Gasteiger charge is 2.30. The Bertz CT molecular complexity index is 544. The number of benzene rings is 1.